The molecular weight excluding hydrogens is 330 g/mol. The fourth-order valence-corrected chi connectivity index (χ4v) is 6.00. The number of nitrogens with zero attached hydrogens (tertiary/aromatic N) is 2. The van der Waals surface area contributed by atoms with Gasteiger partial charge >= 0.3 is 0 Å². The molecule has 0 unspecified atom stereocenters. The predicted octanol–water partition coefficient (Wildman–Crippen LogP) is 3.25. The molecule has 2 aromatic carbocycles. The van der Waals surface area contributed by atoms with Gasteiger partial charge in [-0.05, 0) is 61.5 Å². The van der Waals surface area contributed by atoms with Crippen molar-refractivity contribution in [3.63, 3.8) is 0 Å². The quantitative estimate of drug-likeness (QED) is 0.887. The second-order valence-electron chi connectivity index (χ2n) is 8.66. The zero-order chi connectivity index (χ0) is 18.2. The Morgan fingerprint density at radius 1 is 0.889 bits per heavy atom. The van der Waals surface area contributed by atoms with Gasteiger partial charge in [-0.25, -0.2) is 0 Å². The van der Waals surface area contributed by atoms with Crippen molar-refractivity contribution in [3.8, 4) is 0 Å². The van der Waals surface area contributed by atoms with Crippen LogP contribution in [0.2, 0.25) is 0 Å². The van der Waals surface area contributed by atoms with Crippen molar-refractivity contribution in [2.24, 2.45) is 11.7 Å². The summed E-state index contributed by atoms with van der Waals surface area (Å²) in [6.07, 6.45) is 3.74. The summed E-state index contributed by atoms with van der Waals surface area (Å²) in [5, 5.41) is 0. The Bertz CT molecular complexity index is 766. The summed E-state index contributed by atoms with van der Waals surface area (Å²) in [5.41, 5.74) is 10.1. The molecule has 0 aromatic heterocycles. The SMILES string of the molecule is NCCc1cccc(CN2C[C@@H](c3ccccc3)[C@@H]3[C@H]2C2CCN3CC2)c1. The summed E-state index contributed by atoms with van der Waals surface area (Å²) < 4.78 is 0. The molecule has 142 valence electrons. The van der Waals surface area contributed by atoms with Gasteiger partial charge in [-0.3, -0.25) is 9.80 Å². The smallest absolute Gasteiger partial charge is 0.0335 e. The molecule has 3 nitrogen and oxygen atoms in total. The first-order chi connectivity index (χ1) is 13.3. The van der Waals surface area contributed by atoms with E-state index in [2.05, 4.69) is 64.4 Å². The Morgan fingerprint density at radius 2 is 1.67 bits per heavy atom. The van der Waals surface area contributed by atoms with Gasteiger partial charge in [-0.15, -0.1) is 0 Å². The van der Waals surface area contributed by atoms with Crippen LogP contribution in [0.25, 0.3) is 0 Å². The van der Waals surface area contributed by atoms with Crippen molar-refractivity contribution in [1.29, 1.82) is 0 Å². The highest BCUT2D eigenvalue weighted by Gasteiger charge is 2.52. The van der Waals surface area contributed by atoms with Crippen LogP contribution in [0.1, 0.15) is 35.4 Å². The number of nitrogens with two attached hydrogens (primary N) is 1. The van der Waals surface area contributed by atoms with Gasteiger partial charge in [-0.1, -0.05) is 54.6 Å². The molecule has 27 heavy (non-hydrogen) atoms. The van der Waals surface area contributed by atoms with Gasteiger partial charge in [0.1, 0.15) is 0 Å². The highest BCUT2D eigenvalue weighted by Crippen LogP contribution is 2.46. The van der Waals surface area contributed by atoms with E-state index in [4.69, 9.17) is 5.73 Å². The predicted molar refractivity (Wildman–Crippen MR) is 111 cm³/mol. The molecule has 0 spiro atoms. The molecular formula is C24H31N3. The number of hydrogen-bond donors (Lipinski definition) is 1. The van der Waals surface area contributed by atoms with Crippen molar-refractivity contribution >= 4 is 0 Å². The Kier molecular flexibility index (Phi) is 4.76. The molecule has 4 aliphatic heterocycles. The first kappa shape index (κ1) is 17.4. The lowest BCUT2D eigenvalue weighted by Gasteiger charge is -2.51. The molecule has 2 N–H and O–H groups in total. The van der Waals surface area contributed by atoms with E-state index in [0.717, 1.165) is 31.5 Å². The third-order valence-electron chi connectivity index (χ3n) is 7.13. The summed E-state index contributed by atoms with van der Waals surface area (Å²) in [7, 11) is 0. The number of likely N-dealkylation sites (tertiary alicyclic amines) is 1. The molecule has 0 aliphatic carbocycles. The Hall–Kier alpha value is -1.68. The number of rotatable bonds is 5. The fraction of sp³-hybridized carbons (Fsp3) is 0.500. The normalized spacial score (nSPS) is 32.6. The molecule has 4 heterocycles. The van der Waals surface area contributed by atoms with Gasteiger partial charge in [-0.2, -0.15) is 0 Å². The zero-order valence-corrected chi connectivity index (χ0v) is 16.1. The van der Waals surface area contributed by atoms with Crippen LogP contribution < -0.4 is 5.73 Å². The first-order valence-electron chi connectivity index (χ1n) is 10.6. The van der Waals surface area contributed by atoms with Crippen LogP contribution in [-0.2, 0) is 13.0 Å². The number of benzene rings is 2. The molecule has 0 saturated carbocycles. The Morgan fingerprint density at radius 3 is 2.44 bits per heavy atom. The molecule has 0 amide bonds. The van der Waals surface area contributed by atoms with Crippen LogP contribution in [0, 0.1) is 5.92 Å². The van der Waals surface area contributed by atoms with Crippen molar-refractivity contribution in [2.45, 2.75) is 43.8 Å². The van der Waals surface area contributed by atoms with E-state index in [1.165, 1.54) is 49.2 Å². The summed E-state index contributed by atoms with van der Waals surface area (Å²) >= 11 is 0. The van der Waals surface area contributed by atoms with Crippen LogP contribution in [0.5, 0.6) is 0 Å². The summed E-state index contributed by atoms with van der Waals surface area (Å²) in [5.74, 6) is 1.52. The van der Waals surface area contributed by atoms with E-state index in [1.807, 2.05) is 0 Å². The van der Waals surface area contributed by atoms with E-state index >= 15 is 0 Å². The second-order valence-corrected chi connectivity index (χ2v) is 8.66. The lowest BCUT2D eigenvalue weighted by atomic mass is 9.75. The minimum atomic E-state index is 0.645. The van der Waals surface area contributed by atoms with Crippen molar-refractivity contribution in [2.75, 3.05) is 26.2 Å². The summed E-state index contributed by atoms with van der Waals surface area (Å²) in [6.45, 7) is 5.59. The minimum Gasteiger partial charge on any atom is -0.330 e. The summed E-state index contributed by atoms with van der Waals surface area (Å²) in [6, 6.07) is 21.8. The van der Waals surface area contributed by atoms with Crippen LogP contribution in [0.4, 0.5) is 0 Å². The van der Waals surface area contributed by atoms with Crippen molar-refractivity contribution < 1.29 is 0 Å². The van der Waals surface area contributed by atoms with Gasteiger partial charge in [0.05, 0.1) is 0 Å². The third kappa shape index (κ3) is 3.22. The molecule has 4 fully saturated rings. The maximum atomic E-state index is 5.77. The van der Waals surface area contributed by atoms with Gasteiger partial charge in [0.15, 0.2) is 0 Å². The van der Waals surface area contributed by atoms with Crippen LogP contribution in [0.15, 0.2) is 54.6 Å². The third-order valence-corrected chi connectivity index (χ3v) is 7.13. The molecule has 2 bridgehead atoms. The Labute approximate surface area is 163 Å². The molecule has 3 atom stereocenters. The lowest BCUT2D eigenvalue weighted by molar-refractivity contribution is -0.00869. The Balaban J connectivity index is 1.43. The average molecular weight is 362 g/mol. The van der Waals surface area contributed by atoms with E-state index in [-0.39, 0.29) is 0 Å². The van der Waals surface area contributed by atoms with Gasteiger partial charge in [0, 0.05) is 31.1 Å². The fourth-order valence-electron chi connectivity index (χ4n) is 6.00. The van der Waals surface area contributed by atoms with Crippen molar-refractivity contribution in [3.05, 3.63) is 71.3 Å². The van der Waals surface area contributed by atoms with E-state index < -0.39 is 0 Å². The second kappa shape index (κ2) is 7.38. The molecule has 4 aliphatic rings. The van der Waals surface area contributed by atoms with Gasteiger partial charge < -0.3 is 5.73 Å². The number of hydrogen-bond acceptors (Lipinski definition) is 3. The van der Waals surface area contributed by atoms with Gasteiger partial charge in [0.2, 0.25) is 0 Å². The van der Waals surface area contributed by atoms with E-state index in [0.29, 0.717) is 12.0 Å². The largest absolute Gasteiger partial charge is 0.330 e. The van der Waals surface area contributed by atoms with Crippen LogP contribution in [0.3, 0.4) is 0 Å². The molecule has 2 aromatic rings. The van der Waals surface area contributed by atoms with Crippen LogP contribution >= 0.6 is 0 Å². The molecule has 0 radical (unpaired) electrons. The molecule has 3 heteroatoms. The van der Waals surface area contributed by atoms with Crippen LogP contribution in [-0.4, -0.2) is 48.1 Å². The first-order valence-corrected chi connectivity index (χ1v) is 10.6. The lowest BCUT2D eigenvalue weighted by Crippen LogP contribution is -2.59. The van der Waals surface area contributed by atoms with Crippen molar-refractivity contribution in [1.82, 2.24) is 9.80 Å². The monoisotopic (exact) mass is 361 g/mol. The average Bonchev–Trinajstić information content (AvgIpc) is 3.12. The number of piperidine rings is 3. The highest BCUT2D eigenvalue weighted by atomic mass is 15.3. The summed E-state index contributed by atoms with van der Waals surface area (Å²) in [4.78, 5) is 5.60. The standard InChI is InChI=1S/C24H31N3/c25-12-9-18-5-4-6-19(15-18)16-27-17-22(20-7-2-1-3-8-20)24-23(27)21-10-13-26(24)14-11-21/h1-8,15,21-24H,9-14,16-17,25H2/t22-,23+,24+/m0/s1. The highest BCUT2D eigenvalue weighted by molar-refractivity contribution is 5.29. The maximum absolute atomic E-state index is 5.77. The van der Waals surface area contributed by atoms with Gasteiger partial charge in [0.25, 0.3) is 0 Å². The minimum absolute atomic E-state index is 0.645. The van der Waals surface area contributed by atoms with E-state index in [1.54, 1.807) is 0 Å². The topological polar surface area (TPSA) is 32.5 Å². The molecule has 4 saturated heterocycles. The zero-order valence-electron chi connectivity index (χ0n) is 16.1. The van der Waals surface area contributed by atoms with E-state index in [9.17, 15) is 0 Å². The maximum Gasteiger partial charge on any atom is 0.0335 e. The number of fused-ring (bicyclic) bond motifs is 2. The molecule has 6 rings (SSSR count).